The first-order valence-corrected chi connectivity index (χ1v) is 8.33. The average Bonchev–Trinajstić information content (AvgIpc) is 3.04. The smallest absolute Gasteiger partial charge is 0.113 e. The summed E-state index contributed by atoms with van der Waals surface area (Å²) in [5.74, 6) is 0.475. The van der Waals surface area contributed by atoms with Crippen LogP contribution >= 0.6 is 11.3 Å². The van der Waals surface area contributed by atoms with Gasteiger partial charge < -0.3 is 14.8 Å². The Morgan fingerprint density at radius 2 is 2.30 bits per heavy atom. The molecule has 3 atom stereocenters. The second-order valence-corrected chi connectivity index (χ2v) is 6.64. The monoisotopic (exact) mass is 298 g/mol. The Labute approximate surface area is 125 Å². The predicted molar refractivity (Wildman–Crippen MR) is 82.4 cm³/mol. The highest BCUT2D eigenvalue weighted by Crippen LogP contribution is 2.32. The number of aromatic nitrogens is 1. The number of hydrogen-bond acceptors (Lipinski definition) is 5. The van der Waals surface area contributed by atoms with Gasteiger partial charge in [-0.1, -0.05) is 13.8 Å². The van der Waals surface area contributed by atoms with E-state index in [9.17, 15) is 0 Å². The molecule has 0 saturated carbocycles. The molecule has 0 spiro atoms. The molecule has 20 heavy (non-hydrogen) atoms. The van der Waals surface area contributed by atoms with Crippen LogP contribution < -0.4 is 5.32 Å². The van der Waals surface area contributed by atoms with Crippen LogP contribution in [0.15, 0.2) is 5.38 Å². The second kappa shape index (κ2) is 7.50. The van der Waals surface area contributed by atoms with Gasteiger partial charge in [-0.05, 0) is 25.7 Å². The minimum atomic E-state index is 0.188. The number of ether oxygens (including phenoxy) is 2. The summed E-state index contributed by atoms with van der Waals surface area (Å²) < 4.78 is 11.2. The van der Waals surface area contributed by atoms with Gasteiger partial charge in [0.2, 0.25) is 0 Å². The van der Waals surface area contributed by atoms with Crippen molar-refractivity contribution in [3.05, 3.63) is 16.1 Å². The van der Waals surface area contributed by atoms with Crippen LogP contribution in [0.25, 0.3) is 0 Å². The summed E-state index contributed by atoms with van der Waals surface area (Å²) in [4.78, 5) is 4.79. The van der Waals surface area contributed by atoms with E-state index in [1.807, 2.05) is 0 Å². The van der Waals surface area contributed by atoms with Gasteiger partial charge in [0.1, 0.15) is 5.01 Å². The van der Waals surface area contributed by atoms with Crippen molar-refractivity contribution in [3.8, 4) is 0 Å². The van der Waals surface area contributed by atoms with Gasteiger partial charge in [-0.2, -0.15) is 0 Å². The summed E-state index contributed by atoms with van der Waals surface area (Å²) in [6.45, 7) is 8.04. The van der Waals surface area contributed by atoms with E-state index >= 15 is 0 Å². The molecule has 1 aliphatic heterocycles. The number of nitrogens with zero attached hydrogens (tertiary/aromatic N) is 1. The van der Waals surface area contributed by atoms with Crippen molar-refractivity contribution in [2.24, 2.45) is 0 Å². The van der Waals surface area contributed by atoms with Crippen molar-refractivity contribution in [2.45, 2.75) is 57.8 Å². The van der Waals surface area contributed by atoms with Crippen molar-refractivity contribution in [3.63, 3.8) is 0 Å². The summed E-state index contributed by atoms with van der Waals surface area (Å²) in [6, 6.07) is 0.188. The first-order chi connectivity index (χ1) is 9.61. The molecule has 0 aliphatic carbocycles. The Bertz CT molecular complexity index is 408. The lowest BCUT2D eigenvalue weighted by molar-refractivity contribution is 0.0299. The van der Waals surface area contributed by atoms with E-state index in [-0.39, 0.29) is 12.1 Å². The van der Waals surface area contributed by atoms with E-state index in [0.29, 0.717) is 18.6 Å². The van der Waals surface area contributed by atoms with Crippen LogP contribution in [0.4, 0.5) is 0 Å². The van der Waals surface area contributed by atoms with E-state index in [2.05, 4.69) is 31.5 Å². The molecule has 1 aromatic heterocycles. The van der Waals surface area contributed by atoms with Crippen LogP contribution in [-0.2, 0) is 9.47 Å². The van der Waals surface area contributed by atoms with E-state index in [4.69, 9.17) is 14.5 Å². The number of thiazole rings is 1. The molecule has 5 heteroatoms. The van der Waals surface area contributed by atoms with Gasteiger partial charge in [0.25, 0.3) is 0 Å². The van der Waals surface area contributed by atoms with Gasteiger partial charge >= 0.3 is 0 Å². The fourth-order valence-electron chi connectivity index (χ4n) is 2.48. The summed E-state index contributed by atoms with van der Waals surface area (Å²) in [5.41, 5.74) is 1.18. The van der Waals surface area contributed by atoms with Gasteiger partial charge in [0, 0.05) is 19.0 Å². The van der Waals surface area contributed by atoms with Crippen LogP contribution in [0.1, 0.15) is 56.3 Å². The molecule has 2 rings (SSSR count). The number of methoxy groups -OCH3 is 1. The fourth-order valence-corrected chi connectivity index (χ4v) is 3.59. The minimum absolute atomic E-state index is 0.188. The Balaban J connectivity index is 2.07. The quantitative estimate of drug-likeness (QED) is 0.786. The molecule has 1 fully saturated rings. The zero-order chi connectivity index (χ0) is 14.5. The zero-order valence-corrected chi connectivity index (χ0v) is 13.7. The molecule has 4 nitrogen and oxygen atoms in total. The molecular formula is C15H26N2O2S. The Morgan fingerprint density at radius 1 is 1.50 bits per heavy atom. The largest absolute Gasteiger partial charge is 0.383 e. The molecule has 114 valence electrons. The van der Waals surface area contributed by atoms with Gasteiger partial charge in [0.05, 0.1) is 30.6 Å². The summed E-state index contributed by atoms with van der Waals surface area (Å²) in [7, 11) is 1.73. The molecule has 2 heterocycles. The van der Waals surface area contributed by atoms with E-state index in [1.165, 1.54) is 5.69 Å². The number of hydrogen-bond donors (Lipinski definition) is 1. The third-order valence-electron chi connectivity index (χ3n) is 3.70. The third-order valence-corrected chi connectivity index (χ3v) is 4.65. The summed E-state index contributed by atoms with van der Waals surface area (Å²) in [6.07, 6.45) is 2.82. The Hall–Kier alpha value is -0.490. The molecule has 1 aromatic rings. The lowest BCUT2D eigenvalue weighted by Gasteiger charge is -2.23. The van der Waals surface area contributed by atoms with Gasteiger partial charge in [0.15, 0.2) is 0 Å². The van der Waals surface area contributed by atoms with E-state index < -0.39 is 0 Å². The molecule has 0 bridgehead atoms. The second-order valence-electron chi connectivity index (χ2n) is 5.75. The normalized spacial score (nSPS) is 24.4. The third kappa shape index (κ3) is 4.01. The maximum atomic E-state index is 6.04. The number of rotatable bonds is 7. The first-order valence-electron chi connectivity index (χ1n) is 7.45. The molecule has 0 amide bonds. The van der Waals surface area contributed by atoms with Crippen molar-refractivity contribution in [1.29, 1.82) is 0 Å². The molecule has 1 N–H and O–H groups in total. The van der Waals surface area contributed by atoms with Gasteiger partial charge in [-0.15, -0.1) is 11.3 Å². The standard InChI is InChI=1S/C15H26N2O2S/c1-10(2)12-9-20-15(17-12)14(16-7-8-18-4)13-6-5-11(3)19-13/h9-11,13-14,16H,5-8H2,1-4H3. The van der Waals surface area contributed by atoms with Crippen LogP contribution in [0.5, 0.6) is 0 Å². The Kier molecular flexibility index (Phi) is 5.96. The predicted octanol–water partition coefficient (Wildman–Crippen LogP) is 3.11. The molecular weight excluding hydrogens is 272 g/mol. The van der Waals surface area contributed by atoms with E-state index in [0.717, 1.165) is 24.4 Å². The maximum absolute atomic E-state index is 6.04. The summed E-state index contributed by atoms with van der Waals surface area (Å²) >= 11 is 1.74. The van der Waals surface area contributed by atoms with Crippen LogP contribution in [0, 0.1) is 0 Å². The highest BCUT2D eigenvalue weighted by molar-refractivity contribution is 7.09. The van der Waals surface area contributed by atoms with Gasteiger partial charge in [-0.3, -0.25) is 0 Å². The Morgan fingerprint density at radius 3 is 2.85 bits per heavy atom. The van der Waals surface area contributed by atoms with Crippen molar-refractivity contribution >= 4 is 11.3 Å². The SMILES string of the molecule is COCCNC(c1nc(C(C)C)cs1)C1CCC(C)O1. The highest BCUT2D eigenvalue weighted by Gasteiger charge is 2.32. The minimum Gasteiger partial charge on any atom is -0.383 e. The summed E-state index contributed by atoms with van der Waals surface area (Å²) in [5, 5.41) is 6.86. The van der Waals surface area contributed by atoms with Crippen molar-refractivity contribution in [2.75, 3.05) is 20.3 Å². The maximum Gasteiger partial charge on any atom is 0.113 e. The molecule has 3 unspecified atom stereocenters. The van der Waals surface area contributed by atoms with Gasteiger partial charge in [-0.25, -0.2) is 4.98 Å². The van der Waals surface area contributed by atoms with Crippen molar-refractivity contribution in [1.82, 2.24) is 10.3 Å². The number of nitrogens with one attached hydrogen (secondary N) is 1. The van der Waals surface area contributed by atoms with Crippen LogP contribution in [0.2, 0.25) is 0 Å². The lowest BCUT2D eigenvalue weighted by Crippen LogP contribution is -2.34. The van der Waals surface area contributed by atoms with Crippen LogP contribution in [-0.4, -0.2) is 37.5 Å². The molecule has 0 aromatic carbocycles. The topological polar surface area (TPSA) is 43.4 Å². The molecule has 0 radical (unpaired) electrons. The van der Waals surface area contributed by atoms with Crippen LogP contribution in [0.3, 0.4) is 0 Å². The highest BCUT2D eigenvalue weighted by atomic mass is 32.1. The lowest BCUT2D eigenvalue weighted by atomic mass is 10.1. The molecule has 1 saturated heterocycles. The molecule has 1 aliphatic rings. The fraction of sp³-hybridized carbons (Fsp3) is 0.800. The van der Waals surface area contributed by atoms with Crippen molar-refractivity contribution < 1.29 is 9.47 Å². The first kappa shape index (κ1) is 15.9. The zero-order valence-electron chi connectivity index (χ0n) is 12.9. The van der Waals surface area contributed by atoms with E-state index in [1.54, 1.807) is 18.4 Å². The average molecular weight is 298 g/mol.